The Morgan fingerprint density at radius 1 is 1.08 bits per heavy atom. The number of rotatable bonds is 4. The van der Waals surface area contributed by atoms with E-state index in [0.717, 1.165) is 24.2 Å². The van der Waals surface area contributed by atoms with E-state index in [4.69, 9.17) is 0 Å². The Hall–Kier alpha value is -2.82. The predicted octanol–water partition coefficient (Wildman–Crippen LogP) is 2.19. The van der Waals surface area contributed by atoms with Crippen LogP contribution in [-0.2, 0) is 16.0 Å². The number of benzene rings is 2. The lowest BCUT2D eigenvalue weighted by Crippen LogP contribution is -2.52. The second kappa shape index (κ2) is 7.20. The third-order valence-corrected chi connectivity index (χ3v) is 5.22. The van der Waals surface area contributed by atoms with Crippen LogP contribution in [-0.4, -0.2) is 30.9 Å². The molecule has 2 aromatic rings. The second-order valence-electron chi connectivity index (χ2n) is 6.97. The Labute approximate surface area is 153 Å². The molecule has 0 aromatic heterocycles. The minimum absolute atomic E-state index is 0.00350. The van der Waals surface area contributed by atoms with Crippen LogP contribution in [0.25, 0.3) is 0 Å². The van der Waals surface area contributed by atoms with Crippen molar-refractivity contribution >= 4 is 17.5 Å². The van der Waals surface area contributed by atoms with Gasteiger partial charge in [-0.25, -0.2) is 0 Å². The number of carbonyl (C=O) groups excluding carboxylic acids is 2. The van der Waals surface area contributed by atoms with Crippen LogP contribution in [0.2, 0.25) is 0 Å². The maximum absolute atomic E-state index is 12.7. The van der Waals surface area contributed by atoms with Crippen LogP contribution < -0.4 is 15.5 Å². The predicted molar refractivity (Wildman–Crippen MR) is 101 cm³/mol. The number of hydrogen-bond acceptors (Lipinski definition) is 3. The largest absolute Gasteiger partial charge is 0.362 e. The highest BCUT2D eigenvalue weighted by molar-refractivity contribution is 5.83. The first-order valence-electron chi connectivity index (χ1n) is 9.17. The molecule has 0 radical (unpaired) electrons. The van der Waals surface area contributed by atoms with Crippen molar-refractivity contribution in [1.29, 1.82) is 0 Å². The standard InChI is InChI=1S/C21H23N3O2/c25-19-11-10-17(21(23-19)16-7-2-1-3-8-16)22-20(26)14-24-13-12-15-6-4-5-9-18(15)24/h1-9,17,21H,10-14H2,(H,22,26)(H,23,25)/t17-,21+/m1/s1. The number of carbonyl (C=O) groups is 2. The Morgan fingerprint density at radius 2 is 1.85 bits per heavy atom. The molecule has 2 amide bonds. The summed E-state index contributed by atoms with van der Waals surface area (Å²) in [4.78, 5) is 26.7. The first kappa shape index (κ1) is 16.6. The fraction of sp³-hybridized carbons (Fsp3) is 0.333. The fourth-order valence-electron chi connectivity index (χ4n) is 3.93. The summed E-state index contributed by atoms with van der Waals surface area (Å²) in [5.74, 6) is 0.0432. The molecule has 1 saturated heterocycles. The van der Waals surface area contributed by atoms with Gasteiger partial charge in [0.25, 0.3) is 0 Å². The van der Waals surface area contributed by atoms with Crippen LogP contribution in [0.4, 0.5) is 5.69 Å². The molecule has 0 unspecified atom stereocenters. The number of para-hydroxylation sites is 1. The fourth-order valence-corrected chi connectivity index (χ4v) is 3.93. The van der Waals surface area contributed by atoms with E-state index >= 15 is 0 Å². The summed E-state index contributed by atoms with van der Waals surface area (Å²) in [6, 6.07) is 17.8. The molecule has 2 aromatic carbocycles. The van der Waals surface area contributed by atoms with Gasteiger partial charge in [-0.15, -0.1) is 0 Å². The molecule has 0 saturated carbocycles. The Morgan fingerprint density at radius 3 is 2.69 bits per heavy atom. The molecule has 2 atom stereocenters. The molecule has 26 heavy (non-hydrogen) atoms. The van der Waals surface area contributed by atoms with Gasteiger partial charge in [-0.3, -0.25) is 9.59 Å². The highest BCUT2D eigenvalue weighted by Gasteiger charge is 2.31. The highest BCUT2D eigenvalue weighted by atomic mass is 16.2. The third-order valence-electron chi connectivity index (χ3n) is 5.22. The molecule has 2 aliphatic rings. The number of nitrogens with one attached hydrogen (secondary N) is 2. The molecule has 0 aliphatic carbocycles. The van der Waals surface area contributed by atoms with Gasteiger partial charge in [-0.1, -0.05) is 48.5 Å². The van der Waals surface area contributed by atoms with Gasteiger partial charge < -0.3 is 15.5 Å². The third kappa shape index (κ3) is 3.43. The summed E-state index contributed by atoms with van der Waals surface area (Å²) in [6.45, 7) is 1.22. The number of hydrogen-bond donors (Lipinski definition) is 2. The molecular weight excluding hydrogens is 326 g/mol. The molecule has 0 spiro atoms. The van der Waals surface area contributed by atoms with E-state index < -0.39 is 0 Å². The molecular formula is C21H23N3O2. The van der Waals surface area contributed by atoms with Crippen molar-refractivity contribution in [3.05, 3.63) is 65.7 Å². The van der Waals surface area contributed by atoms with Gasteiger partial charge >= 0.3 is 0 Å². The number of nitrogens with zero attached hydrogens (tertiary/aromatic N) is 1. The van der Waals surface area contributed by atoms with Gasteiger partial charge in [0, 0.05) is 18.7 Å². The molecule has 2 heterocycles. The van der Waals surface area contributed by atoms with E-state index in [-0.39, 0.29) is 23.9 Å². The lowest BCUT2D eigenvalue weighted by Gasteiger charge is -2.33. The average molecular weight is 349 g/mol. The number of anilines is 1. The van der Waals surface area contributed by atoms with Crippen molar-refractivity contribution in [1.82, 2.24) is 10.6 Å². The Kier molecular flexibility index (Phi) is 4.61. The molecule has 2 aliphatic heterocycles. The smallest absolute Gasteiger partial charge is 0.239 e. The summed E-state index contributed by atoms with van der Waals surface area (Å²) in [5.41, 5.74) is 3.48. The van der Waals surface area contributed by atoms with Gasteiger partial charge in [0.1, 0.15) is 0 Å². The molecule has 1 fully saturated rings. The van der Waals surface area contributed by atoms with Gasteiger partial charge in [-0.05, 0) is 30.0 Å². The Balaban J connectivity index is 1.44. The van der Waals surface area contributed by atoms with E-state index in [1.54, 1.807) is 0 Å². The van der Waals surface area contributed by atoms with Crippen LogP contribution in [0.5, 0.6) is 0 Å². The van der Waals surface area contributed by atoms with Crippen molar-refractivity contribution in [2.45, 2.75) is 31.3 Å². The van der Waals surface area contributed by atoms with E-state index in [1.165, 1.54) is 5.56 Å². The highest BCUT2D eigenvalue weighted by Crippen LogP contribution is 2.27. The number of piperidine rings is 1. The zero-order valence-corrected chi connectivity index (χ0v) is 14.7. The quantitative estimate of drug-likeness (QED) is 0.889. The van der Waals surface area contributed by atoms with Crippen LogP contribution in [0.15, 0.2) is 54.6 Å². The first-order chi connectivity index (χ1) is 12.7. The van der Waals surface area contributed by atoms with Gasteiger partial charge in [0.15, 0.2) is 0 Å². The van der Waals surface area contributed by atoms with Crippen molar-refractivity contribution < 1.29 is 9.59 Å². The zero-order chi connectivity index (χ0) is 17.9. The summed E-state index contributed by atoms with van der Waals surface area (Å²) in [6.07, 6.45) is 2.09. The van der Waals surface area contributed by atoms with Crippen molar-refractivity contribution in [3.8, 4) is 0 Å². The molecule has 0 bridgehead atoms. The average Bonchev–Trinajstić information content (AvgIpc) is 3.07. The second-order valence-corrected chi connectivity index (χ2v) is 6.97. The van der Waals surface area contributed by atoms with Crippen molar-refractivity contribution in [2.75, 3.05) is 18.0 Å². The van der Waals surface area contributed by atoms with E-state index in [2.05, 4.69) is 27.7 Å². The number of amides is 2. The summed E-state index contributed by atoms with van der Waals surface area (Å²) < 4.78 is 0. The SMILES string of the molecule is O=C(CN1CCc2ccccc21)N[C@@H]1CCC(=O)N[C@H]1c1ccccc1. The normalized spacial score (nSPS) is 21.8. The van der Waals surface area contributed by atoms with Gasteiger partial charge in [0.2, 0.25) is 11.8 Å². The summed E-state index contributed by atoms with van der Waals surface area (Å²) in [7, 11) is 0. The zero-order valence-electron chi connectivity index (χ0n) is 14.7. The lowest BCUT2D eigenvalue weighted by molar-refractivity contribution is -0.126. The lowest BCUT2D eigenvalue weighted by atomic mass is 9.92. The minimum Gasteiger partial charge on any atom is -0.362 e. The number of fused-ring (bicyclic) bond motifs is 1. The van der Waals surface area contributed by atoms with Crippen LogP contribution >= 0.6 is 0 Å². The van der Waals surface area contributed by atoms with E-state index in [9.17, 15) is 9.59 Å². The van der Waals surface area contributed by atoms with Gasteiger partial charge in [-0.2, -0.15) is 0 Å². The van der Waals surface area contributed by atoms with E-state index in [0.29, 0.717) is 19.4 Å². The first-order valence-corrected chi connectivity index (χ1v) is 9.17. The van der Waals surface area contributed by atoms with Crippen molar-refractivity contribution in [2.24, 2.45) is 0 Å². The summed E-state index contributed by atoms with van der Waals surface area (Å²) in [5, 5.41) is 6.18. The van der Waals surface area contributed by atoms with Crippen LogP contribution in [0.1, 0.15) is 30.0 Å². The van der Waals surface area contributed by atoms with Crippen molar-refractivity contribution in [3.63, 3.8) is 0 Å². The maximum Gasteiger partial charge on any atom is 0.239 e. The molecule has 5 nitrogen and oxygen atoms in total. The molecule has 5 heteroatoms. The van der Waals surface area contributed by atoms with Crippen LogP contribution in [0, 0.1) is 0 Å². The minimum atomic E-state index is -0.174. The Bertz CT molecular complexity index is 806. The molecule has 134 valence electrons. The van der Waals surface area contributed by atoms with Crippen LogP contribution in [0.3, 0.4) is 0 Å². The molecule has 2 N–H and O–H groups in total. The monoisotopic (exact) mass is 349 g/mol. The summed E-state index contributed by atoms with van der Waals surface area (Å²) >= 11 is 0. The van der Waals surface area contributed by atoms with E-state index in [1.807, 2.05) is 42.5 Å². The maximum atomic E-state index is 12.7. The van der Waals surface area contributed by atoms with Gasteiger partial charge in [0.05, 0.1) is 18.6 Å². The molecule has 4 rings (SSSR count). The topological polar surface area (TPSA) is 61.4 Å².